The number of carbonyl (C=O) groups is 2. The van der Waals surface area contributed by atoms with Crippen LogP contribution in [0.1, 0.15) is 28.7 Å². The first-order chi connectivity index (χ1) is 15.2. The van der Waals surface area contributed by atoms with Crippen LogP contribution in [0.2, 0.25) is 0 Å². The number of amides is 1. The average molecular weight is 444 g/mol. The predicted octanol–water partition coefficient (Wildman–Crippen LogP) is 4.14. The summed E-state index contributed by atoms with van der Waals surface area (Å²) in [6, 6.07) is 14.7. The van der Waals surface area contributed by atoms with E-state index in [1.807, 2.05) is 6.07 Å². The number of hydrogen-bond acceptors (Lipinski definition) is 4. The Labute approximate surface area is 183 Å². The van der Waals surface area contributed by atoms with Crippen LogP contribution in [0, 0.1) is 0 Å². The Morgan fingerprint density at radius 2 is 1.75 bits per heavy atom. The number of benzene rings is 2. The number of rotatable bonds is 8. The topological polar surface area (TPSA) is 67.2 Å². The summed E-state index contributed by atoms with van der Waals surface area (Å²) < 4.78 is 39.2. The fourth-order valence-corrected chi connectivity index (χ4v) is 3.16. The first-order valence-electron chi connectivity index (χ1n) is 9.92. The van der Waals surface area contributed by atoms with Gasteiger partial charge >= 0.3 is 6.18 Å². The molecule has 1 unspecified atom stereocenters. The number of halogens is 3. The molecule has 2 aromatic carbocycles. The van der Waals surface area contributed by atoms with Crippen LogP contribution in [0.25, 0.3) is 0 Å². The van der Waals surface area contributed by atoms with E-state index in [2.05, 4.69) is 10.3 Å². The third-order valence-corrected chi connectivity index (χ3v) is 5.05. The van der Waals surface area contributed by atoms with Crippen LogP contribution in [0.5, 0.6) is 0 Å². The zero-order chi connectivity index (χ0) is 23.3. The molecule has 1 N–H and O–H groups in total. The quantitative estimate of drug-likeness (QED) is 0.531. The average Bonchev–Trinajstić information content (AvgIpc) is 3.18. The summed E-state index contributed by atoms with van der Waals surface area (Å²) in [5, 5.41) is 2.77. The van der Waals surface area contributed by atoms with Gasteiger partial charge in [-0.25, -0.2) is 4.98 Å². The van der Waals surface area contributed by atoms with E-state index in [0.29, 0.717) is 16.8 Å². The van der Waals surface area contributed by atoms with Gasteiger partial charge in [-0.15, -0.1) is 0 Å². The second kappa shape index (κ2) is 9.78. The molecular weight excluding hydrogens is 421 g/mol. The molecule has 0 radical (unpaired) electrons. The van der Waals surface area contributed by atoms with Gasteiger partial charge in [0.05, 0.1) is 18.3 Å². The number of hydrogen-bond donors (Lipinski definition) is 1. The van der Waals surface area contributed by atoms with Crippen molar-refractivity contribution in [2.75, 3.05) is 12.4 Å². The molecule has 32 heavy (non-hydrogen) atoms. The van der Waals surface area contributed by atoms with Crippen molar-refractivity contribution in [3.05, 3.63) is 83.9 Å². The van der Waals surface area contributed by atoms with Gasteiger partial charge in [0.25, 0.3) is 0 Å². The van der Waals surface area contributed by atoms with Gasteiger partial charge in [-0.2, -0.15) is 13.2 Å². The smallest absolute Gasteiger partial charge is 0.325 e. The lowest BCUT2D eigenvalue weighted by Gasteiger charge is -2.24. The molecule has 0 bridgehead atoms. The van der Waals surface area contributed by atoms with E-state index < -0.39 is 24.7 Å². The Balaban J connectivity index is 1.70. The fraction of sp³-hybridized carbons (Fsp3) is 0.261. The summed E-state index contributed by atoms with van der Waals surface area (Å²) in [7, 11) is 1.62. The lowest BCUT2D eigenvalue weighted by molar-refractivity contribution is -0.141. The highest BCUT2D eigenvalue weighted by atomic mass is 19.4. The molecule has 0 fully saturated rings. The van der Waals surface area contributed by atoms with Crippen LogP contribution in [-0.4, -0.2) is 45.4 Å². The molecule has 1 amide bonds. The number of likely N-dealkylation sites (N-methyl/N-ethyl adjacent to an activating group) is 1. The van der Waals surface area contributed by atoms with Crippen molar-refractivity contribution in [1.82, 2.24) is 14.5 Å². The highest BCUT2D eigenvalue weighted by Gasteiger charge is 2.29. The standard InChI is InChI=1S/C23H23F3N4O2/c1-16(29(2)14-20-27-12-13-30(20)15-23(24,25)26)22(32)28-19-11-7-6-10-18(19)21(31)17-8-4-3-5-9-17/h3-13,16H,14-15H2,1-2H3,(H,28,32). The van der Waals surface area contributed by atoms with Crippen molar-refractivity contribution in [3.63, 3.8) is 0 Å². The summed E-state index contributed by atoms with van der Waals surface area (Å²) in [6.07, 6.45) is -1.82. The number of nitrogens with zero attached hydrogens (tertiary/aromatic N) is 3. The van der Waals surface area contributed by atoms with E-state index in [4.69, 9.17) is 0 Å². The van der Waals surface area contributed by atoms with Gasteiger partial charge in [-0.1, -0.05) is 42.5 Å². The maximum atomic E-state index is 12.9. The van der Waals surface area contributed by atoms with Gasteiger partial charge < -0.3 is 9.88 Å². The third kappa shape index (κ3) is 5.82. The second-order valence-corrected chi connectivity index (χ2v) is 7.41. The number of alkyl halides is 3. The van der Waals surface area contributed by atoms with Gasteiger partial charge in [0.15, 0.2) is 5.78 Å². The van der Waals surface area contributed by atoms with E-state index in [1.165, 1.54) is 12.4 Å². The molecule has 9 heteroatoms. The molecule has 0 aliphatic carbocycles. The van der Waals surface area contributed by atoms with Crippen LogP contribution in [-0.2, 0) is 17.9 Å². The number of para-hydroxylation sites is 1. The maximum absolute atomic E-state index is 12.9. The maximum Gasteiger partial charge on any atom is 0.406 e. The van der Waals surface area contributed by atoms with E-state index >= 15 is 0 Å². The third-order valence-electron chi connectivity index (χ3n) is 5.05. The number of ketones is 1. The molecule has 168 valence electrons. The van der Waals surface area contributed by atoms with Crippen molar-refractivity contribution in [3.8, 4) is 0 Å². The normalized spacial score (nSPS) is 12.6. The summed E-state index contributed by atoms with van der Waals surface area (Å²) in [4.78, 5) is 31.3. The van der Waals surface area contributed by atoms with Gasteiger partial charge in [-0.05, 0) is 26.1 Å². The SMILES string of the molecule is CC(C(=O)Nc1ccccc1C(=O)c1ccccc1)N(C)Cc1nccn1CC(F)(F)F. The lowest BCUT2D eigenvalue weighted by Crippen LogP contribution is -2.40. The second-order valence-electron chi connectivity index (χ2n) is 7.41. The number of carbonyl (C=O) groups excluding carboxylic acids is 2. The minimum Gasteiger partial charge on any atom is -0.325 e. The molecule has 0 aliphatic rings. The zero-order valence-corrected chi connectivity index (χ0v) is 17.6. The highest BCUT2D eigenvalue weighted by molar-refractivity contribution is 6.14. The number of nitrogens with one attached hydrogen (secondary N) is 1. The van der Waals surface area contributed by atoms with E-state index in [-0.39, 0.29) is 18.2 Å². The van der Waals surface area contributed by atoms with Crippen molar-refractivity contribution in [2.24, 2.45) is 0 Å². The molecule has 3 rings (SSSR count). The first-order valence-corrected chi connectivity index (χ1v) is 9.92. The molecule has 0 saturated carbocycles. The summed E-state index contributed by atoms with van der Waals surface area (Å²) >= 11 is 0. The minimum atomic E-state index is -4.37. The van der Waals surface area contributed by atoms with Crippen molar-refractivity contribution in [2.45, 2.75) is 32.2 Å². The minimum absolute atomic E-state index is 0.0439. The Kier molecular flexibility index (Phi) is 7.09. The van der Waals surface area contributed by atoms with Crippen LogP contribution >= 0.6 is 0 Å². The van der Waals surface area contributed by atoms with Crippen LogP contribution in [0.15, 0.2) is 67.0 Å². The van der Waals surface area contributed by atoms with Crippen LogP contribution in [0.3, 0.4) is 0 Å². The molecular formula is C23H23F3N4O2. The largest absolute Gasteiger partial charge is 0.406 e. The van der Waals surface area contributed by atoms with E-state index in [1.54, 1.807) is 67.4 Å². The van der Waals surface area contributed by atoms with Gasteiger partial charge in [-0.3, -0.25) is 14.5 Å². The number of aromatic nitrogens is 2. The molecule has 0 aliphatic heterocycles. The van der Waals surface area contributed by atoms with Crippen molar-refractivity contribution in [1.29, 1.82) is 0 Å². The molecule has 6 nitrogen and oxygen atoms in total. The summed E-state index contributed by atoms with van der Waals surface area (Å²) in [5.41, 5.74) is 1.21. The fourth-order valence-electron chi connectivity index (χ4n) is 3.16. The van der Waals surface area contributed by atoms with Crippen LogP contribution < -0.4 is 5.32 Å². The Morgan fingerprint density at radius 3 is 2.44 bits per heavy atom. The Bertz CT molecular complexity index is 1080. The molecule has 0 saturated heterocycles. The van der Waals surface area contributed by atoms with Gasteiger partial charge in [0.2, 0.25) is 5.91 Å². The van der Waals surface area contributed by atoms with Gasteiger partial charge in [0, 0.05) is 23.5 Å². The zero-order valence-electron chi connectivity index (χ0n) is 17.6. The molecule has 1 aromatic heterocycles. The first kappa shape index (κ1) is 23.2. The lowest BCUT2D eigenvalue weighted by atomic mass is 10.0. The summed E-state index contributed by atoms with van der Waals surface area (Å²) in [6.45, 7) is 0.530. The van der Waals surface area contributed by atoms with Crippen LogP contribution in [0.4, 0.5) is 18.9 Å². The molecule has 0 spiro atoms. The Morgan fingerprint density at radius 1 is 1.09 bits per heavy atom. The highest BCUT2D eigenvalue weighted by Crippen LogP contribution is 2.21. The molecule has 1 atom stereocenters. The van der Waals surface area contributed by atoms with Gasteiger partial charge in [0.1, 0.15) is 12.4 Å². The van der Waals surface area contributed by atoms with E-state index in [0.717, 1.165) is 4.57 Å². The number of imidazole rings is 1. The van der Waals surface area contributed by atoms with E-state index in [9.17, 15) is 22.8 Å². The number of anilines is 1. The predicted molar refractivity (Wildman–Crippen MR) is 114 cm³/mol. The molecule has 3 aromatic rings. The molecule has 1 heterocycles. The van der Waals surface area contributed by atoms with Crippen molar-refractivity contribution >= 4 is 17.4 Å². The van der Waals surface area contributed by atoms with Crippen molar-refractivity contribution < 1.29 is 22.8 Å². The summed E-state index contributed by atoms with van der Waals surface area (Å²) in [5.74, 6) is -0.421. The Hall–Kier alpha value is -3.46. The monoisotopic (exact) mass is 444 g/mol.